The van der Waals surface area contributed by atoms with Gasteiger partial charge in [0.2, 0.25) is 0 Å². The maximum atomic E-state index is 13.2. The molecule has 7 heteroatoms. The molecule has 1 fully saturated rings. The third kappa shape index (κ3) is 3.56. The van der Waals surface area contributed by atoms with Crippen molar-refractivity contribution in [3.63, 3.8) is 0 Å². The lowest BCUT2D eigenvalue weighted by atomic mass is 10.0. The van der Waals surface area contributed by atoms with Crippen molar-refractivity contribution in [3.8, 4) is 0 Å². The van der Waals surface area contributed by atoms with Crippen LogP contribution in [0.1, 0.15) is 30.8 Å². The molecule has 0 unspecified atom stereocenters. The Kier molecular flexibility index (Phi) is 4.75. The van der Waals surface area contributed by atoms with Gasteiger partial charge in [0, 0.05) is 11.3 Å². The van der Waals surface area contributed by atoms with E-state index in [-0.39, 0.29) is 31.6 Å². The van der Waals surface area contributed by atoms with E-state index in [4.69, 9.17) is 4.74 Å². The van der Waals surface area contributed by atoms with Crippen LogP contribution in [0.3, 0.4) is 0 Å². The molecule has 1 aromatic heterocycles. The van der Waals surface area contributed by atoms with Crippen molar-refractivity contribution >= 4 is 27.6 Å². The van der Waals surface area contributed by atoms with E-state index in [1.807, 2.05) is 0 Å². The number of esters is 1. The average Bonchev–Trinajstić information content (AvgIpc) is 2.32. The Labute approximate surface area is 137 Å². The smallest absolute Gasteiger partial charge is 0.310 e. The van der Waals surface area contributed by atoms with Crippen molar-refractivity contribution in [3.05, 3.63) is 21.4 Å². The number of alkyl halides is 2. The standard InChI is InChI=1S/C15H19BrF2N2O2/c1-8(2)22-12(21)5-11-9(3)19-10(4)13(16)14(11)20-6-15(17,18)7-20/h8H,5-7H2,1-4H3. The van der Waals surface area contributed by atoms with E-state index in [1.54, 1.807) is 32.6 Å². The predicted molar refractivity (Wildman–Crippen MR) is 83.5 cm³/mol. The number of pyridine rings is 1. The lowest BCUT2D eigenvalue weighted by Gasteiger charge is -2.42. The van der Waals surface area contributed by atoms with Gasteiger partial charge in [0.15, 0.2) is 0 Å². The van der Waals surface area contributed by atoms with Gasteiger partial charge in [-0.05, 0) is 43.6 Å². The zero-order valence-corrected chi connectivity index (χ0v) is 14.6. The highest BCUT2D eigenvalue weighted by molar-refractivity contribution is 9.10. The van der Waals surface area contributed by atoms with Gasteiger partial charge in [-0.1, -0.05) is 0 Å². The van der Waals surface area contributed by atoms with E-state index < -0.39 is 5.92 Å². The maximum absolute atomic E-state index is 13.2. The molecule has 0 atom stereocenters. The van der Waals surface area contributed by atoms with Crippen LogP contribution in [0.4, 0.5) is 14.5 Å². The highest BCUT2D eigenvalue weighted by Crippen LogP contribution is 2.40. The first-order valence-corrected chi connectivity index (χ1v) is 7.88. The minimum absolute atomic E-state index is 0.0211. The molecule has 0 amide bonds. The molecule has 0 saturated carbocycles. The monoisotopic (exact) mass is 376 g/mol. The quantitative estimate of drug-likeness (QED) is 0.755. The number of rotatable bonds is 4. The molecule has 1 aromatic rings. The number of carbonyl (C=O) groups excluding carboxylic acids is 1. The molecule has 0 N–H and O–H groups in total. The van der Waals surface area contributed by atoms with Crippen LogP contribution in [0.2, 0.25) is 0 Å². The van der Waals surface area contributed by atoms with Gasteiger partial charge < -0.3 is 9.64 Å². The van der Waals surface area contributed by atoms with E-state index in [9.17, 15) is 13.6 Å². The Hall–Kier alpha value is -1.24. The second kappa shape index (κ2) is 6.10. The highest BCUT2D eigenvalue weighted by Gasteiger charge is 2.45. The van der Waals surface area contributed by atoms with E-state index in [1.165, 1.54) is 0 Å². The van der Waals surface area contributed by atoms with Crippen LogP contribution in [0, 0.1) is 13.8 Å². The fraction of sp³-hybridized carbons (Fsp3) is 0.600. The summed E-state index contributed by atoms with van der Waals surface area (Å²) >= 11 is 3.42. The summed E-state index contributed by atoms with van der Waals surface area (Å²) in [7, 11) is 0. The van der Waals surface area contributed by atoms with Gasteiger partial charge in [-0.25, -0.2) is 8.78 Å². The minimum atomic E-state index is -2.68. The van der Waals surface area contributed by atoms with Crippen LogP contribution in [-0.2, 0) is 16.0 Å². The zero-order valence-electron chi connectivity index (χ0n) is 13.0. The molecule has 2 heterocycles. The lowest BCUT2D eigenvalue weighted by molar-refractivity contribution is -0.146. The first-order chi connectivity index (χ1) is 10.1. The van der Waals surface area contributed by atoms with Gasteiger partial charge in [0.05, 0.1) is 41.5 Å². The Morgan fingerprint density at radius 3 is 2.45 bits per heavy atom. The Balaban J connectivity index is 2.35. The summed E-state index contributed by atoms with van der Waals surface area (Å²) < 4.78 is 32.2. The number of carbonyl (C=O) groups is 1. The van der Waals surface area contributed by atoms with Gasteiger partial charge in [-0.3, -0.25) is 9.78 Å². The predicted octanol–water partition coefficient (Wildman–Crippen LogP) is 3.41. The van der Waals surface area contributed by atoms with Gasteiger partial charge in [0.25, 0.3) is 5.92 Å². The molecule has 0 radical (unpaired) electrons. The average molecular weight is 377 g/mol. The number of anilines is 1. The molecule has 1 saturated heterocycles. The summed E-state index contributed by atoms with van der Waals surface area (Å²) in [5.41, 5.74) is 2.63. The third-order valence-electron chi connectivity index (χ3n) is 3.43. The Morgan fingerprint density at radius 2 is 1.95 bits per heavy atom. The van der Waals surface area contributed by atoms with Crippen LogP contribution in [-0.4, -0.2) is 36.1 Å². The molecule has 122 valence electrons. The molecule has 2 rings (SSSR count). The van der Waals surface area contributed by atoms with E-state index in [0.29, 0.717) is 27.1 Å². The topological polar surface area (TPSA) is 42.4 Å². The Bertz CT molecular complexity index is 598. The third-order valence-corrected chi connectivity index (χ3v) is 4.38. The summed E-state index contributed by atoms with van der Waals surface area (Å²) in [6.45, 7) is 6.42. The van der Waals surface area contributed by atoms with Crippen molar-refractivity contribution in [2.75, 3.05) is 18.0 Å². The normalized spacial score (nSPS) is 16.6. The molecule has 0 aromatic carbocycles. The van der Waals surface area contributed by atoms with Crippen LogP contribution in [0.25, 0.3) is 0 Å². The SMILES string of the molecule is Cc1nc(C)c(CC(=O)OC(C)C)c(N2CC(F)(F)C2)c1Br. The van der Waals surface area contributed by atoms with Crippen LogP contribution in [0.5, 0.6) is 0 Å². The van der Waals surface area contributed by atoms with Gasteiger partial charge >= 0.3 is 5.97 Å². The molecule has 0 aliphatic carbocycles. The van der Waals surface area contributed by atoms with Crippen LogP contribution >= 0.6 is 15.9 Å². The second-order valence-corrected chi connectivity index (χ2v) is 6.64. The molecule has 22 heavy (non-hydrogen) atoms. The fourth-order valence-electron chi connectivity index (χ4n) is 2.50. The summed E-state index contributed by atoms with van der Waals surface area (Å²) in [6.07, 6.45) is -0.195. The second-order valence-electron chi connectivity index (χ2n) is 5.85. The van der Waals surface area contributed by atoms with Gasteiger partial charge in [-0.2, -0.15) is 0 Å². The van der Waals surface area contributed by atoms with Crippen molar-refractivity contribution in [2.45, 2.75) is 46.1 Å². The minimum Gasteiger partial charge on any atom is -0.463 e. The van der Waals surface area contributed by atoms with E-state index >= 15 is 0 Å². The molecule has 1 aliphatic heterocycles. The van der Waals surface area contributed by atoms with Crippen molar-refractivity contribution < 1.29 is 18.3 Å². The van der Waals surface area contributed by atoms with Gasteiger partial charge in [-0.15, -0.1) is 0 Å². The number of aryl methyl sites for hydroxylation is 2. The first-order valence-electron chi connectivity index (χ1n) is 7.08. The van der Waals surface area contributed by atoms with Gasteiger partial charge in [0.1, 0.15) is 0 Å². The lowest BCUT2D eigenvalue weighted by Crippen LogP contribution is -2.57. The molecule has 4 nitrogen and oxygen atoms in total. The molecular formula is C15H19BrF2N2O2. The first kappa shape index (κ1) is 17.1. The van der Waals surface area contributed by atoms with Crippen molar-refractivity contribution in [2.24, 2.45) is 0 Å². The maximum Gasteiger partial charge on any atom is 0.310 e. The summed E-state index contributed by atoms with van der Waals surface area (Å²) in [6, 6.07) is 0. The zero-order chi connectivity index (χ0) is 16.7. The number of halogens is 3. The van der Waals surface area contributed by atoms with Crippen molar-refractivity contribution in [1.29, 1.82) is 0 Å². The van der Waals surface area contributed by atoms with E-state index in [2.05, 4.69) is 20.9 Å². The molecule has 1 aliphatic rings. The number of hydrogen-bond donors (Lipinski definition) is 0. The Morgan fingerprint density at radius 1 is 1.36 bits per heavy atom. The number of nitrogens with zero attached hydrogens (tertiary/aromatic N) is 2. The number of ether oxygens (including phenoxy) is 1. The van der Waals surface area contributed by atoms with Crippen LogP contribution < -0.4 is 4.90 Å². The summed E-state index contributed by atoms with van der Waals surface area (Å²) in [5.74, 6) is -3.07. The van der Waals surface area contributed by atoms with Crippen molar-refractivity contribution in [1.82, 2.24) is 4.98 Å². The largest absolute Gasteiger partial charge is 0.463 e. The highest BCUT2D eigenvalue weighted by atomic mass is 79.9. The summed E-state index contributed by atoms with van der Waals surface area (Å²) in [5, 5.41) is 0. The number of aromatic nitrogens is 1. The molecule has 0 spiro atoms. The summed E-state index contributed by atoms with van der Waals surface area (Å²) in [4.78, 5) is 17.9. The molecular weight excluding hydrogens is 358 g/mol. The number of hydrogen-bond acceptors (Lipinski definition) is 4. The molecule has 0 bridgehead atoms. The van der Waals surface area contributed by atoms with E-state index in [0.717, 1.165) is 0 Å². The van der Waals surface area contributed by atoms with Crippen LogP contribution in [0.15, 0.2) is 4.47 Å². The fourth-order valence-corrected chi connectivity index (χ4v) is 3.08.